The second-order valence-electron chi connectivity index (χ2n) is 6.56. The van der Waals surface area contributed by atoms with E-state index in [1.807, 2.05) is 42.5 Å². The molecule has 0 unspecified atom stereocenters. The molecule has 0 spiro atoms. The first kappa shape index (κ1) is 21.5. The van der Waals surface area contributed by atoms with Crippen LogP contribution in [0.25, 0.3) is 11.1 Å². The van der Waals surface area contributed by atoms with Gasteiger partial charge in [0.1, 0.15) is 6.61 Å². The fourth-order valence-electron chi connectivity index (χ4n) is 2.75. The van der Waals surface area contributed by atoms with Crippen molar-refractivity contribution in [3.05, 3.63) is 84.2 Å². The summed E-state index contributed by atoms with van der Waals surface area (Å²) in [6.45, 7) is 0.452. The highest BCUT2D eigenvalue weighted by Crippen LogP contribution is 2.21. The topological polar surface area (TPSA) is 111 Å². The van der Waals surface area contributed by atoms with E-state index in [0.29, 0.717) is 13.1 Å². The lowest BCUT2D eigenvalue weighted by Crippen LogP contribution is -2.26. The summed E-state index contributed by atoms with van der Waals surface area (Å²) in [4.78, 5) is 16.2. The van der Waals surface area contributed by atoms with E-state index in [1.165, 1.54) is 12.1 Å². The smallest absolute Gasteiger partial charge is 0.407 e. The van der Waals surface area contributed by atoms with Crippen molar-refractivity contribution in [3.63, 3.8) is 0 Å². The minimum Gasteiger partial charge on any atom is -0.448 e. The van der Waals surface area contributed by atoms with E-state index in [4.69, 9.17) is 10.5 Å². The third-order valence-electron chi connectivity index (χ3n) is 4.45. The SMILES string of the molecule is NCc1ccc(-c2ccc(S(=O)(=O)CCOC(=O)NCc3ccccc3)cc2)cn1. The molecule has 0 aliphatic rings. The maximum Gasteiger partial charge on any atom is 0.407 e. The number of nitrogens with two attached hydrogens (primary N) is 1. The molecule has 7 nitrogen and oxygen atoms in total. The van der Waals surface area contributed by atoms with E-state index in [9.17, 15) is 13.2 Å². The molecule has 8 heteroatoms. The number of sulfone groups is 1. The van der Waals surface area contributed by atoms with Gasteiger partial charge in [0.25, 0.3) is 0 Å². The lowest BCUT2D eigenvalue weighted by Gasteiger charge is -2.09. The molecule has 156 valence electrons. The number of pyridine rings is 1. The molecule has 0 aliphatic heterocycles. The van der Waals surface area contributed by atoms with Gasteiger partial charge >= 0.3 is 6.09 Å². The third kappa shape index (κ3) is 5.88. The van der Waals surface area contributed by atoms with Crippen molar-refractivity contribution >= 4 is 15.9 Å². The molecule has 1 amide bonds. The van der Waals surface area contributed by atoms with Crippen LogP contribution >= 0.6 is 0 Å². The number of amides is 1. The van der Waals surface area contributed by atoms with E-state index in [1.54, 1.807) is 18.3 Å². The van der Waals surface area contributed by atoms with E-state index in [0.717, 1.165) is 22.4 Å². The van der Waals surface area contributed by atoms with Crippen molar-refractivity contribution in [1.29, 1.82) is 0 Å². The maximum atomic E-state index is 12.5. The van der Waals surface area contributed by atoms with Gasteiger partial charge in [-0.1, -0.05) is 48.5 Å². The second kappa shape index (κ2) is 10.00. The number of nitrogens with one attached hydrogen (secondary N) is 1. The van der Waals surface area contributed by atoms with Gasteiger partial charge in [0.05, 0.1) is 16.3 Å². The summed E-state index contributed by atoms with van der Waals surface area (Å²) >= 11 is 0. The van der Waals surface area contributed by atoms with Crippen molar-refractivity contribution in [3.8, 4) is 11.1 Å². The molecule has 30 heavy (non-hydrogen) atoms. The number of alkyl carbamates (subject to hydrolysis) is 1. The fraction of sp³-hybridized carbons (Fsp3) is 0.182. The first-order valence-corrected chi connectivity index (χ1v) is 11.1. The third-order valence-corrected chi connectivity index (χ3v) is 6.14. The highest BCUT2D eigenvalue weighted by Gasteiger charge is 2.16. The van der Waals surface area contributed by atoms with Gasteiger partial charge in [-0.15, -0.1) is 0 Å². The predicted molar refractivity (Wildman–Crippen MR) is 114 cm³/mol. The molecule has 0 radical (unpaired) electrons. The van der Waals surface area contributed by atoms with Gasteiger partial charge in [-0.25, -0.2) is 13.2 Å². The van der Waals surface area contributed by atoms with Crippen LogP contribution in [0.3, 0.4) is 0 Å². The number of aromatic nitrogens is 1. The Labute approximate surface area is 175 Å². The van der Waals surface area contributed by atoms with Crippen molar-refractivity contribution in [2.24, 2.45) is 5.73 Å². The molecule has 3 N–H and O–H groups in total. The molecule has 1 aromatic heterocycles. The molecule has 3 rings (SSSR count). The summed E-state index contributed by atoms with van der Waals surface area (Å²) in [6.07, 6.45) is 1.05. The van der Waals surface area contributed by atoms with Crippen molar-refractivity contribution in [2.75, 3.05) is 12.4 Å². The van der Waals surface area contributed by atoms with Gasteiger partial charge in [0.2, 0.25) is 0 Å². The summed E-state index contributed by atoms with van der Waals surface area (Å²) in [5.41, 5.74) is 8.97. The van der Waals surface area contributed by atoms with Gasteiger partial charge in [-0.05, 0) is 29.3 Å². The molecule has 0 fully saturated rings. The fourth-order valence-corrected chi connectivity index (χ4v) is 3.84. The first-order chi connectivity index (χ1) is 14.5. The molecule has 3 aromatic rings. The Balaban J connectivity index is 1.51. The van der Waals surface area contributed by atoms with Crippen LogP contribution in [-0.4, -0.2) is 31.9 Å². The minimum atomic E-state index is -3.57. The zero-order valence-electron chi connectivity index (χ0n) is 16.3. The number of carbonyl (C=O) groups is 1. The first-order valence-electron chi connectivity index (χ1n) is 9.41. The Hall–Kier alpha value is -3.23. The average Bonchev–Trinajstić information content (AvgIpc) is 2.78. The Kier molecular flexibility index (Phi) is 7.16. The van der Waals surface area contributed by atoms with Crippen molar-refractivity contribution in [1.82, 2.24) is 10.3 Å². The van der Waals surface area contributed by atoms with E-state index in [2.05, 4.69) is 10.3 Å². The monoisotopic (exact) mass is 425 g/mol. The number of rotatable bonds is 8. The lowest BCUT2D eigenvalue weighted by atomic mass is 10.1. The zero-order valence-corrected chi connectivity index (χ0v) is 17.1. The van der Waals surface area contributed by atoms with Crippen LogP contribution in [0.5, 0.6) is 0 Å². The minimum absolute atomic E-state index is 0.172. The molecular formula is C22H23N3O4S. The standard InChI is InChI=1S/C22H23N3O4S/c23-14-20-9-6-19(16-24-20)18-7-10-21(11-8-18)30(27,28)13-12-29-22(26)25-15-17-4-2-1-3-5-17/h1-11,16H,12-15,23H2,(H,25,26). The average molecular weight is 426 g/mol. The Morgan fingerprint density at radius 2 is 1.67 bits per heavy atom. The van der Waals surface area contributed by atoms with E-state index in [-0.39, 0.29) is 17.3 Å². The summed E-state index contributed by atoms with van der Waals surface area (Å²) in [6, 6.07) is 19.6. The van der Waals surface area contributed by atoms with Crippen LogP contribution in [0.2, 0.25) is 0 Å². The molecule has 0 atom stereocenters. The second-order valence-corrected chi connectivity index (χ2v) is 8.67. The number of hydrogen-bond acceptors (Lipinski definition) is 6. The summed E-state index contributed by atoms with van der Waals surface area (Å²) in [5, 5.41) is 2.59. The molecule has 0 saturated carbocycles. The number of nitrogens with zero attached hydrogens (tertiary/aromatic N) is 1. The quantitative estimate of drug-likeness (QED) is 0.574. The van der Waals surface area contributed by atoms with E-state index < -0.39 is 15.9 Å². The zero-order chi connectivity index (χ0) is 21.4. The number of hydrogen-bond donors (Lipinski definition) is 2. The van der Waals surface area contributed by atoms with Crippen LogP contribution in [0, 0.1) is 0 Å². The van der Waals surface area contributed by atoms with Crippen LogP contribution in [-0.2, 0) is 27.7 Å². The molecular weight excluding hydrogens is 402 g/mol. The molecule has 0 aliphatic carbocycles. The van der Waals surface area contributed by atoms with E-state index >= 15 is 0 Å². The molecule has 2 aromatic carbocycles. The lowest BCUT2D eigenvalue weighted by molar-refractivity contribution is 0.152. The van der Waals surface area contributed by atoms with Crippen LogP contribution in [0.1, 0.15) is 11.3 Å². The Bertz CT molecular complexity index is 1070. The number of benzene rings is 2. The predicted octanol–water partition coefficient (Wildman–Crippen LogP) is 2.91. The summed E-state index contributed by atoms with van der Waals surface area (Å²) in [5.74, 6) is -0.294. The molecule has 0 bridgehead atoms. The van der Waals surface area contributed by atoms with Gasteiger partial charge < -0.3 is 15.8 Å². The highest BCUT2D eigenvalue weighted by molar-refractivity contribution is 7.91. The maximum absolute atomic E-state index is 12.5. The van der Waals surface area contributed by atoms with Crippen LogP contribution in [0.15, 0.2) is 77.8 Å². The van der Waals surface area contributed by atoms with Gasteiger partial charge in [0.15, 0.2) is 9.84 Å². The Morgan fingerprint density at radius 1 is 0.967 bits per heavy atom. The molecule has 1 heterocycles. The highest BCUT2D eigenvalue weighted by atomic mass is 32.2. The largest absolute Gasteiger partial charge is 0.448 e. The van der Waals surface area contributed by atoms with Gasteiger partial charge in [0, 0.05) is 24.8 Å². The van der Waals surface area contributed by atoms with Crippen LogP contribution < -0.4 is 11.1 Å². The molecule has 0 saturated heterocycles. The Morgan fingerprint density at radius 3 is 2.30 bits per heavy atom. The van der Waals surface area contributed by atoms with Crippen molar-refractivity contribution in [2.45, 2.75) is 18.0 Å². The van der Waals surface area contributed by atoms with Crippen molar-refractivity contribution < 1.29 is 17.9 Å². The van der Waals surface area contributed by atoms with Gasteiger partial charge in [-0.2, -0.15) is 0 Å². The number of ether oxygens (including phenoxy) is 1. The number of carbonyl (C=O) groups excluding carboxylic acids is 1. The van der Waals surface area contributed by atoms with Gasteiger partial charge in [-0.3, -0.25) is 4.98 Å². The van der Waals surface area contributed by atoms with Crippen LogP contribution in [0.4, 0.5) is 4.79 Å². The summed E-state index contributed by atoms with van der Waals surface area (Å²) in [7, 11) is -3.57. The normalized spacial score (nSPS) is 11.1. The summed E-state index contributed by atoms with van der Waals surface area (Å²) < 4.78 is 30.0.